The second kappa shape index (κ2) is 3.69. The minimum Gasteiger partial charge on any atom is -0.0610 e. The van der Waals surface area contributed by atoms with Gasteiger partial charge in [-0.25, -0.2) is 0 Å². The van der Waals surface area contributed by atoms with Crippen molar-refractivity contribution in [1.29, 1.82) is 0 Å². The molecule has 0 aliphatic heterocycles. The lowest BCUT2D eigenvalue weighted by Crippen LogP contribution is -1.85. The van der Waals surface area contributed by atoms with Crippen LogP contribution in [0, 0.1) is 0 Å². The zero-order chi connectivity index (χ0) is 12.3. The molecule has 0 N–H and O–H groups in total. The maximum absolute atomic E-state index is 3.69. The van der Waals surface area contributed by atoms with Crippen LogP contribution in [0.15, 0.2) is 57.5 Å². The summed E-state index contributed by atoms with van der Waals surface area (Å²) in [7, 11) is 0. The summed E-state index contributed by atoms with van der Waals surface area (Å²) in [4.78, 5) is 0. The van der Waals surface area contributed by atoms with E-state index in [1.165, 1.54) is 32.3 Å². The van der Waals surface area contributed by atoms with Gasteiger partial charge in [0.25, 0.3) is 0 Å². The molecule has 0 saturated carbocycles. The zero-order valence-electron chi connectivity index (χ0n) is 9.37. The Morgan fingerprint density at radius 1 is 0.667 bits per heavy atom. The van der Waals surface area contributed by atoms with Crippen molar-refractivity contribution in [2.75, 3.05) is 0 Å². The third-order valence-electron chi connectivity index (χ3n) is 3.49. The summed E-state index contributed by atoms with van der Waals surface area (Å²) in [6.07, 6.45) is 0. The monoisotopic (exact) mass is 358 g/mol. The molecule has 18 heavy (non-hydrogen) atoms. The molecule has 86 valence electrons. The van der Waals surface area contributed by atoms with E-state index < -0.39 is 0 Å². The second-order valence-corrected chi connectivity index (χ2v) is 6.32. The molecule has 4 rings (SSSR count). The van der Waals surface area contributed by atoms with E-state index in [0.717, 1.165) is 8.95 Å². The Morgan fingerprint density at radius 3 is 2.28 bits per heavy atom. The Bertz CT molecular complexity index is 894. The van der Waals surface area contributed by atoms with Crippen molar-refractivity contribution in [2.24, 2.45) is 0 Å². The topological polar surface area (TPSA) is 0 Å². The minimum absolute atomic E-state index is 1.12. The van der Waals surface area contributed by atoms with Crippen LogP contribution in [0.5, 0.6) is 0 Å². The predicted octanol–water partition coefficient (Wildman–Crippen LogP) is 6.11. The summed E-state index contributed by atoms with van der Waals surface area (Å²) >= 11 is 7.28. The van der Waals surface area contributed by atoms with Gasteiger partial charge in [0.15, 0.2) is 0 Å². The van der Waals surface area contributed by atoms with Crippen molar-refractivity contribution < 1.29 is 0 Å². The third kappa shape index (κ3) is 1.36. The van der Waals surface area contributed by atoms with Gasteiger partial charge in [0, 0.05) is 8.95 Å². The summed E-state index contributed by atoms with van der Waals surface area (Å²) in [6, 6.07) is 17.4. The van der Waals surface area contributed by atoms with Crippen LogP contribution in [0.3, 0.4) is 0 Å². The molecule has 0 saturated heterocycles. The summed E-state index contributed by atoms with van der Waals surface area (Å²) < 4.78 is 2.27. The van der Waals surface area contributed by atoms with Gasteiger partial charge in [0.05, 0.1) is 0 Å². The highest BCUT2D eigenvalue weighted by Gasteiger charge is 2.11. The van der Waals surface area contributed by atoms with E-state index in [1.54, 1.807) is 0 Å². The third-order valence-corrected chi connectivity index (χ3v) is 4.61. The molecule has 0 aromatic heterocycles. The molecule has 0 unspecified atom stereocenters. The van der Waals surface area contributed by atoms with E-state index in [0.29, 0.717) is 0 Å². The van der Waals surface area contributed by atoms with Crippen molar-refractivity contribution in [1.82, 2.24) is 0 Å². The summed E-state index contributed by atoms with van der Waals surface area (Å²) in [6.45, 7) is 0. The Labute approximate surface area is 121 Å². The summed E-state index contributed by atoms with van der Waals surface area (Å²) in [5.74, 6) is 0. The molecule has 0 nitrogen and oxygen atoms in total. The van der Waals surface area contributed by atoms with Crippen LogP contribution in [0.25, 0.3) is 32.3 Å². The van der Waals surface area contributed by atoms with Gasteiger partial charge < -0.3 is 0 Å². The van der Waals surface area contributed by atoms with E-state index in [9.17, 15) is 0 Å². The van der Waals surface area contributed by atoms with Crippen LogP contribution in [-0.2, 0) is 0 Å². The molecule has 2 heteroatoms. The van der Waals surface area contributed by atoms with Gasteiger partial charge in [-0.2, -0.15) is 0 Å². The lowest BCUT2D eigenvalue weighted by molar-refractivity contribution is 1.72. The van der Waals surface area contributed by atoms with Crippen molar-refractivity contribution in [3.63, 3.8) is 0 Å². The molecule has 0 atom stereocenters. The molecule has 0 bridgehead atoms. The van der Waals surface area contributed by atoms with Crippen LogP contribution in [0.1, 0.15) is 0 Å². The van der Waals surface area contributed by atoms with E-state index in [4.69, 9.17) is 0 Å². The lowest BCUT2D eigenvalue weighted by Gasteiger charge is -2.12. The first kappa shape index (κ1) is 10.8. The number of hydrogen-bond donors (Lipinski definition) is 0. The Balaban J connectivity index is 2.47. The molecular formula is C16H8Br2. The first-order valence-corrected chi connectivity index (χ1v) is 7.35. The first-order chi connectivity index (χ1) is 8.74. The molecule has 0 radical (unpaired) electrons. The molecule has 0 aliphatic carbocycles. The minimum atomic E-state index is 1.12. The molecular weight excluding hydrogens is 352 g/mol. The lowest BCUT2D eigenvalue weighted by atomic mass is 9.94. The van der Waals surface area contributed by atoms with E-state index in [-0.39, 0.29) is 0 Å². The van der Waals surface area contributed by atoms with Gasteiger partial charge in [-0.3, -0.25) is 0 Å². The van der Waals surface area contributed by atoms with Gasteiger partial charge in [-0.1, -0.05) is 62.2 Å². The Hall–Kier alpha value is -1.12. The van der Waals surface area contributed by atoms with Crippen LogP contribution < -0.4 is 0 Å². The van der Waals surface area contributed by atoms with Gasteiger partial charge in [-0.05, 0) is 50.5 Å². The van der Waals surface area contributed by atoms with Crippen LogP contribution in [-0.4, -0.2) is 0 Å². The Morgan fingerprint density at radius 2 is 1.39 bits per heavy atom. The van der Waals surface area contributed by atoms with E-state index in [1.807, 2.05) is 0 Å². The fraction of sp³-hybridized carbons (Fsp3) is 0. The van der Waals surface area contributed by atoms with Crippen LogP contribution >= 0.6 is 31.9 Å². The fourth-order valence-corrected chi connectivity index (χ4v) is 3.79. The molecule has 0 spiro atoms. The molecule has 0 heterocycles. The van der Waals surface area contributed by atoms with Crippen molar-refractivity contribution >= 4 is 64.2 Å². The second-order valence-electron chi connectivity index (χ2n) is 4.55. The normalized spacial score (nSPS) is 11.9. The van der Waals surface area contributed by atoms with E-state index in [2.05, 4.69) is 80.4 Å². The number of benzene rings is 4. The number of rotatable bonds is 0. The highest BCUT2D eigenvalue weighted by molar-refractivity contribution is 9.11. The van der Waals surface area contributed by atoms with Gasteiger partial charge in [0.1, 0.15) is 0 Å². The van der Waals surface area contributed by atoms with Gasteiger partial charge >= 0.3 is 0 Å². The summed E-state index contributed by atoms with van der Waals surface area (Å²) in [5, 5.41) is 7.86. The van der Waals surface area contributed by atoms with Crippen molar-refractivity contribution in [3.05, 3.63) is 57.5 Å². The number of halogens is 2. The van der Waals surface area contributed by atoms with Crippen molar-refractivity contribution in [2.45, 2.75) is 0 Å². The van der Waals surface area contributed by atoms with Crippen molar-refractivity contribution in [3.8, 4) is 0 Å². The average Bonchev–Trinajstić information content (AvgIpc) is 2.36. The van der Waals surface area contributed by atoms with Crippen LogP contribution in [0.2, 0.25) is 0 Å². The average molecular weight is 360 g/mol. The molecule has 4 aromatic carbocycles. The van der Waals surface area contributed by atoms with E-state index >= 15 is 0 Å². The smallest absolute Gasteiger partial charge is 0.0260 e. The largest absolute Gasteiger partial charge is 0.0610 e. The van der Waals surface area contributed by atoms with Gasteiger partial charge in [0.2, 0.25) is 0 Å². The molecule has 0 fully saturated rings. The quantitative estimate of drug-likeness (QED) is 0.332. The highest BCUT2D eigenvalue weighted by Crippen LogP contribution is 2.39. The number of hydrogen-bond acceptors (Lipinski definition) is 0. The predicted molar refractivity (Wildman–Crippen MR) is 85.5 cm³/mol. The summed E-state index contributed by atoms with van der Waals surface area (Å²) in [5.41, 5.74) is 0. The first-order valence-electron chi connectivity index (χ1n) is 5.76. The Kier molecular flexibility index (Phi) is 2.21. The molecule has 4 aromatic rings. The SMILES string of the molecule is Brc1cc2ccc3cccc4cc(Br)c(c1)c2c34. The zero-order valence-corrected chi connectivity index (χ0v) is 12.5. The highest BCUT2D eigenvalue weighted by atomic mass is 79.9. The maximum atomic E-state index is 3.69. The molecule has 0 amide bonds. The van der Waals surface area contributed by atoms with Gasteiger partial charge in [-0.15, -0.1) is 0 Å². The fourth-order valence-electron chi connectivity index (χ4n) is 2.76. The standard InChI is InChI=1S/C16H8Br2/c17-12-6-11-5-4-9-2-1-3-10-7-14(18)13(8-12)16(11)15(9)10/h1-8H. The maximum Gasteiger partial charge on any atom is 0.0260 e. The molecule has 0 aliphatic rings. The van der Waals surface area contributed by atoms with Crippen LogP contribution in [0.4, 0.5) is 0 Å².